The largest absolute Gasteiger partial charge is 0.310 e. The molecule has 0 aromatic carbocycles. The fraction of sp³-hybridized carbons (Fsp3) is 0.462. The van der Waals surface area contributed by atoms with Crippen LogP contribution in [0.15, 0.2) is 30.6 Å². The van der Waals surface area contributed by atoms with Crippen molar-refractivity contribution in [2.75, 3.05) is 0 Å². The van der Waals surface area contributed by atoms with Crippen LogP contribution in [0.1, 0.15) is 32.3 Å². The average Bonchev–Trinajstić information content (AvgIpc) is 2.74. The van der Waals surface area contributed by atoms with E-state index in [-0.39, 0.29) is 0 Å². The summed E-state index contributed by atoms with van der Waals surface area (Å²) >= 11 is 0. The molecule has 3 heteroatoms. The van der Waals surface area contributed by atoms with Gasteiger partial charge in [-0.1, -0.05) is 19.9 Å². The molecule has 0 saturated carbocycles. The van der Waals surface area contributed by atoms with Crippen LogP contribution >= 0.6 is 0 Å². The molecule has 86 valence electrons. The van der Waals surface area contributed by atoms with Gasteiger partial charge in [0, 0.05) is 24.3 Å². The standard InChI is InChI=1S/C13H19N3/c1-3-12(4-2)14-9-11-10-15-16-8-6-5-7-13(11)16/h5-8,10,12,14H,3-4,9H2,1-2H3. The number of rotatable bonds is 5. The van der Waals surface area contributed by atoms with E-state index in [0.29, 0.717) is 6.04 Å². The highest BCUT2D eigenvalue weighted by Gasteiger charge is 2.06. The Morgan fingerprint density at radius 1 is 1.31 bits per heavy atom. The summed E-state index contributed by atoms with van der Waals surface area (Å²) < 4.78 is 1.92. The van der Waals surface area contributed by atoms with Crippen molar-refractivity contribution in [3.05, 3.63) is 36.2 Å². The summed E-state index contributed by atoms with van der Waals surface area (Å²) in [6.45, 7) is 5.34. The first-order valence-electron chi connectivity index (χ1n) is 5.99. The fourth-order valence-electron chi connectivity index (χ4n) is 1.96. The van der Waals surface area contributed by atoms with Gasteiger partial charge in [-0.05, 0) is 25.0 Å². The molecule has 2 aromatic heterocycles. The minimum Gasteiger partial charge on any atom is -0.310 e. The van der Waals surface area contributed by atoms with E-state index in [1.165, 1.54) is 23.9 Å². The molecular formula is C13H19N3. The molecule has 0 unspecified atom stereocenters. The lowest BCUT2D eigenvalue weighted by molar-refractivity contribution is 0.485. The molecule has 0 aliphatic rings. The third kappa shape index (κ3) is 2.25. The van der Waals surface area contributed by atoms with E-state index in [9.17, 15) is 0 Å². The first-order valence-corrected chi connectivity index (χ1v) is 5.99. The quantitative estimate of drug-likeness (QED) is 0.834. The zero-order chi connectivity index (χ0) is 11.4. The average molecular weight is 217 g/mol. The van der Waals surface area contributed by atoms with Gasteiger partial charge in [0.1, 0.15) is 0 Å². The third-order valence-corrected chi connectivity index (χ3v) is 3.07. The van der Waals surface area contributed by atoms with Crippen molar-refractivity contribution in [1.29, 1.82) is 0 Å². The predicted molar refractivity (Wildman–Crippen MR) is 66.4 cm³/mol. The molecule has 0 radical (unpaired) electrons. The lowest BCUT2D eigenvalue weighted by atomic mass is 10.1. The van der Waals surface area contributed by atoms with Gasteiger partial charge in [0.25, 0.3) is 0 Å². The van der Waals surface area contributed by atoms with Gasteiger partial charge in [0.05, 0.1) is 11.7 Å². The highest BCUT2D eigenvalue weighted by Crippen LogP contribution is 2.10. The van der Waals surface area contributed by atoms with Crippen molar-refractivity contribution in [3.8, 4) is 0 Å². The van der Waals surface area contributed by atoms with Gasteiger partial charge >= 0.3 is 0 Å². The number of nitrogens with one attached hydrogen (secondary N) is 1. The van der Waals surface area contributed by atoms with Crippen LogP contribution in [0, 0.1) is 0 Å². The van der Waals surface area contributed by atoms with Gasteiger partial charge in [0.2, 0.25) is 0 Å². The third-order valence-electron chi connectivity index (χ3n) is 3.07. The Balaban J connectivity index is 2.09. The van der Waals surface area contributed by atoms with Crippen LogP contribution in [0.25, 0.3) is 5.52 Å². The Morgan fingerprint density at radius 2 is 2.12 bits per heavy atom. The molecule has 0 amide bonds. The molecule has 1 N–H and O–H groups in total. The molecule has 16 heavy (non-hydrogen) atoms. The predicted octanol–water partition coefficient (Wildman–Crippen LogP) is 2.61. The zero-order valence-electron chi connectivity index (χ0n) is 9.98. The highest BCUT2D eigenvalue weighted by molar-refractivity contribution is 5.53. The van der Waals surface area contributed by atoms with Crippen LogP contribution in [-0.2, 0) is 6.54 Å². The normalized spacial score (nSPS) is 11.4. The SMILES string of the molecule is CCC(CC)NCc1cnn2ccccc12. The molecule has 0 bridgehead atoms. The van der Waals surface area contributed by atoms with E-state index in [4.69, 9.17) is 0 Å². The van der Waals surface area contributed by atoms with Crippen molar-refractivity contribution < 1.29 is 0 Å². The summed E-state index contributed by atoms with van der Waals surface area (Å²) in [4.78, 5) is 0. The molecule has 2 aromatic rings. The number of hydrogen-bond donors (Lipinski definition) is 1. The van der Waals surface area contributed by atoms with Crippen LogP contribution < -0.4 is 5.32 Å². The van der Waals surface area contributed by atoms with Crippen LogP contribution in [0.4, 0.5) is 0 Å². The molecule has 0 aliphatic heterocycles. The maximum Gasteiger partial charge on any atom is 0.0706 e. The van der Waals surface area contributed by atoms with Gasteiger partial charge in [-0.3, -0.25) is 0 Å². The lowest BCUT2D eigenvalue weighted by Crippen LogP contribution is -2.26. The van der Waals surface area contributed by atoms with E-state index >= 15 is 0 Å². The second-order valence-electron chi connectivity index (χ2n) is 4.09. The molecule has 2 rings (SSSR count). The highest BCUT2D eigenvalue weighted by atomic mass is 15.2. The Bertz CT molecular complexity index is 443. The van der Waals surface area contributed by atoms with Crippen molar-refractivity contribution in [2.24, 2.45) is 0 Å². The minimum atomic E-state index is 0.610. The van der Waals surface area contributed by atoms with Crippen molar-refractivity contribution in [2.45, 2.75) is 39.3 Å². The number of aromatic nitrogens is 2. The summed E-state index contributed by atoms with van der Waals surface area (Å²) in [5, 5.41) is 7.89. The lowest BCUT2D eigenvalue weighted by Gasteiger charge is -2.13. The Hall–Kier alpha value is -1.35. The van der Waals surface area contributed by atoms with Gasteiger partial charge in [-0.15, -0.1) is 0 Å². The first kappa shape index (κ1) is 11.1. The molecular weight excluding hydrogens is 198 g/mol. The molecule has 0 spiro atoms. The summed E-state index contributed by atoms with van der Waals surface area (Å²) in [6, 6.07) is 6.77. The van der Waals surface area contributed by atoms with Gasteiger partial charge in [-0.2, -0.15) is 5.10 Å². The van der Waals surface area contributed by atoms with Crippen LogP contribution in [0.2, 0.25) is 0 Å². The van der Waals surface area contributed by atoms with Crippen molar-refractivity contribution >= 4 is 5.52 Å². The number of fused-ring (bicyclic) bond motifs is 1. The minimum absolute atomic E-state index is 0.610. The van der Waals surface area contributed by atoms with E-state index in [1.807, 2.05) is 23.0 Å². The smallest absolute Gasteiger partial charge is 0.0706 e. The van der Waals surface area contributed by atoms with E-state index < -0.39 is 0 Å². The Kier molecular flexibility index (Phi) is 3.57. The maximum atomic E-state index is 4.32. The summed E-state index contributed by atoms with van der Waals surface area (Å²) in [5.74, 6) is 0. The zero-order valence-corrected chi connectivity index (χ0v) is 9.98. The fourth-order valence-corrected chi connectivity index (χ4v) is 1.96. The Labute approximate surface area is 96.5 Å². The van der Waals surface area contributed by atoms with E-state index in [1.54, 1.807) is 0 Å². The van der Waals surface area contributed by atoms with Crippen molar-refractivity contribution in [3.63, 3.8) is 0 Å². The van der Waals surface area contributed by atoms with Crippen LogP contribution in [0.3, 0.4) is 0 Å². The van der Waals surface area contributed by atoms with E-state index in [0.717, 1.165) is 6.54 Å². The maximum absolute atomic E-state index is 4.32. The molecule has 2 heterocycles. The number of nitrogens with zero attached hydrogens (tertiary/aromatic N) is 2. The first-order chi connectivity index (χ1) is 7.85. The van der Waals surface area contributed by atoms with Crippen LogP contribution in [0.5, 0.6) is 0 Å². The molecule has 0 aliphatic carbocycles. The molecule has 0 saturated heterocycles. The molecule has 3 nitrogen and oxygen atoms in total. The van der Waals surface area contributed by atoms with Gasteiger partial charge < -0.3 is 5.32 Å². The summed E-state index contributed by atoms with van der Waals surface area (Å²) in [6.07, 6.45) is 6.28. The van der Waals surface area contributed by atoms with Gasteiger partial charge in [0.15, 0.2) is 0 Å². The Morgan fingerprint density at radius 3 is 2.88 bits per heavy atom. The molecule has 0 fully saturated rings. The number of hydrogen-bond acceptors (Lipinski definition) is 2. The monoisotopic (exact) mass is 217 g/mol. The van der Waals surface area contributed by atoms with Crippen molar-refractivity contribution in [1.82, 2.24) is 14.9 Å². The van der Waals surface area contributed by atoms with E-state index in [2.05, 4.69) is 36.4 Å². The van der Waals surface area contributed by atoms with Crippen LogP contribution in [-0.4, -0.2) is 15.7 Å². The second kappa shape index (κ2) is 5.12. The summed E-state index contributed by atoms with van der Waals surface area (Å²) in [5.41, 5.74) is 2.47. The summed E-state index contributed by atoms with van der Waals surface area (Å²) in [7, 11) is 0. The molecule has 0 atom stereocenters. The second-order valence-corrected chi connectivity index (χ2v) is 4.09. The van der Waals surface area contributed by atoms with Gasteiger partial charge in [-0.25, -0.2) is 4.52 Å². The topological polar surface area (TPSA) is 29.3 Å². The number of pyridine rings is 1.